The smallest absolute Gasteiger partial charge is 0.239 e. The largest absolute Gasteiger partial charge is 0.492 e. The average Bonchev–Trinajstić information content (AvgIpc) is 3.09. The Morgan fingerprint density at radius 2 is 1.45 bits per heavy atom. The second-order valence-electron chi connectivity index (χ2n) is 12.8. The van der Waals surface area contributed by atoms with Crippen LogP contribution in [0.3, 0.4) is 0 Å². The number of carbonyl (C=O) groups excluding carboxylic acids is 4. The van der Waals surface area contributed by atoms with E-state index in [1.165, 1.54) is 0 Å². The maximum absolute atomic E-state index is 12.6. The highest BCUT2D eigenvalue weighted by Crippen LogP contribution is 2.39. The average molecular weight is 669 g/mol. The first-order chi connectivity index (χ1) is 23.6. The number of likely N-dealkylation sites (N-methyl/N-ethyl adjacent to an activating group) is 1. The van der Waals surface area contributed by atoms with Gasteiger partial charge in [0.25, 0.3) is 0 Å². The Morgan fingerprint density at radius 3 is 2.10 bits per heavy atom. The SMILES string of the molecule is CCC(=O)N1c2ccccc2[C@H](Nc2ccc(NC(=O)CCCC(=O)Nc3ccc(OCCN4CCN(C)C(=O)[C@H]4C)cc3)cc2)C[C@@H]1C. The van der Waals surface area contributed by atoms with E-state index in [0.29, 0.717) is 43.1 Å². The molecule has 0 saturated carbocycles. The fraction of sp³-hybridized carbons (Fsp3) is 0.421. The fourth-order valence-electron chi connectivity index (χ4n) is 6.49. The molecule has 2 heterocycles. The van der Waals surface area contributed by atoms with Gasteiger partial charge in [-0.25, -0.2) is 0 Å². The van der Waals surface area contributed by atoms with Gasteiger partial charge in [-0.15, -0.1) is 0 Å². The van der Waals surface area contributed by atoms with E-state index in [1.54, 1.807) is 29.2 Å². The van der Waals surface area contributed by atoms with Gasteiger partial charge in [-0.2, -0.15) is 0 Å². The van der Waals surface area contributed by atoms with Crippen molar-refractivity contribution in [3.63, 3.8) is 0 Å². The molecule has 3 atom stereocenters. The lowest BCUT2D eigenvalue weighted by Gasteiger charge is -2.40. The summed E-state index contributed by atoms with van der Waals surface area (Å²) >= 11 is 0. The van der Waals surface area contributed by atoms with Crippen LogP contribution in [0.25, 0.3) is 0 Å². The molecule has 0 radical (unpaired) electrons. The highest BCUT2D eigenvalue weighted by molar-refractivity contribution is 5.95. The molecule has 0 aromatic heterocycles. The van der Waals surface area contributed by atoms with E-state index >= 15 is 0 Å². The van der Waals surface area contributed by atoms with Crippen molar-refractivity contribution in [3.05, 3.63) is 78.4 Å². The summed E-state index contributed by atoms with van der Waals surface area (Å²) in [4.78, 5) is 55.7. The topological polar surface area (TPSA) is 123 Å². The number of fused-ring (bicyclic) bond motifs is 1. The number of nitrogens with one attached hydrogen (secondary N) is 3. The summed E-state index contributed by atoms with van der Waals surface area (Å²) in [5.41, 5.74) is 4.32. The summed E-state index contributed by atoms with van der Waals surface area (Å²) in [6.07, 6.45) is 2.12. The quantitative estimate of drug-likeness (QED) is 0.215. The Kier molecular flexibility index (Phi) is 11.9. The zero-order valence-corrected chi connectivity index (χ0v) is 28.9. The molecule has 11 nitrogen and oxygen atoms in total. The summed E-state index contributed by atoms with van der Waals surface area (Å²) in [7, 11) is 1.83. The Labute approximate surface area is 289 Å². The molecule has 49 heavy (non-hydrogen) atoms. The molecule has 3 aromatic carbocycles. The number of benzene rings is 3. The molecule has 3 N–H and O–H groups in total. The summed E-state index contributed by atoms with van der Waals surface area (Å²) in [6.45, 7) is 8.56. The van der Waals surface area contributed by atoms with Crippen LogP contribution >= 0.6 is 0 Å². The normalized spacial score (nSPS) is 19.2. The van der Waals surface area contributed by atoms with Crippen LogP contribution in [0.4, 0.5) is 22.7 Å². The second-order valence-corrected chi connectivity index (χ2v) is 12.8. The Hall–Kier alpha value is -4.90. The Balaban J connectivity index is 1.01. The van der Waals surface area contributed by atoms with E-state index < -0.39 is 0 Å². The standard InChI is InChI=1S/C38H48N6O5/c1-5-37(47)44-26(2)25-33(32-9-6-7-10-34(32)44)39-28-13-15-29(16-14-28)40-35(45)11-8-12-36(46)41-30-17-19-31(20-18-30)49-24-23-43-22-21-42(4)38(48)27(43)3/h6-7,9-10,13-20,26-27,33,39H,5,8,11-12,21-25H2,1-4H3,(H,40,45)(H,41,46)/t26-,27+,33+/m0/s1. The predicted molar refractivity (Wildman–Crippen MR) is 193 cm³/mol. The minimum Gasteiger partial charge on any atom is -0.492 e. The van der Waals surface area contributed by atoms with E-state index in [2.05, 4.69) is 33.8 Å². The molecule has 11 heteroatoms. The lowest BCUT2D eigenvalue weighted by Crippen LogP contribution is -2.55. The summed E-state index contributed by atoms with van der Waals surface area (Å²) < 4.78 is 5.85. The number of hydrogen-bond donors (Lipinski definition) is 3. The molecule has 260 valence electrons. The van der Waals surface area contributed by atoms with Crippen molar-refractivity contribution in [2.45, 2.75) is 71.0 Å². The first-order valence-corrected chi connectivity index (χ1v) is 17.2. The first kappa shape index (κ1) is 35.4. The van der Waals surface area contributed by atoms with Gasteiger partial charge in [-0.3, -0.25) is 24.1 Å². The van der Waals surface area contributed by atoms with Gasteiger partial charge in [0.2, 0.25) is 23.6 Å². The van der Waals surface area contributed by atoms with Crippen molar-refractivity contribution in [2.24, 2.45) is 0 Å². The molecular formula is C38H48N6O5. The highest BCUT2D eigenvalue weighted by Gasteiger charge is 2.33. The van der Waals surface area contributed by atoms with Gasteiger partial charge in [0.05, 0.1) is 12.1 Å². The van der Waals surface area contributed by atoms with Gasteiger partial charge in [0.15, 0.2) is 0 Å². The zero-order chi connectivity index (χ0) is 34.9. The van der Waals surface area contributed by atoms with Gasteiger partial charge in [-0.05, 0) is 86.8 Å². The van der Waals surface area contributed by atoms with Crippen LogP contribution in [0.1, 0.15) is 64.5 Å². The molecule has 1 fully saturated rings. The Bertz CT molecular complexity index is 1610. The van der Waals surface area contributed by atoms with Crippen LogP contribution in [-0.4, -0.2) is 78.8 Å². The molecule has 4 amide bonds. The van der Waals surface area contributed by atoms with E-state index in [-0.39, 0.29) is 54.6 Å². The Morgan fingerprint density at radius 1 is 0.837 bits per heavy atom. The van der Waals surface area contributed by atoms with Gasteiger partial charge in [0.1, 0.15) is 12.4 Å². The minimum atomic E-state index is -0.161. The fourth-order valence-corrected chi connectivity index (χ4v) is 6.49. The molecule has 0 unspecified atom stereocenters. The molecule has 1 saturated heterocycles. The molecule has 2 aliphatic heterocycles. The molecule has 0 aliphatic carbocycles. The van der Waals surface area contributed by atoms with Gasteiger partial charge >= 0.3 is 0 Å². The van der Waals surface area contributed by atoms with E-state index in [9.17, 15) is 19.2 Å². The van der Waals surface area contributed by atoms with Crippen molar-refractivity contribution in [3.8, 4) is 5.75 Å². The van der Waals surface area contributed by atoms with Crippen molar-refractivity contribution in [2.75, 3.05) is 54.1 Å². The zero-order valence-electron chi connectivity index (χ0n) is 28.9. The van der Waals surface area contributed by atoms with Crippen LogP contribution in [0.15, 0.2) is 72.8 Å². The second kappa shape index (κ2) is 16.5. The van der Waals surface area contributed by atoms with E-state index in [0.717, 1.165) is 36.4 Å². The number of rotatable bonds is 13. The third-order valence-electron chi connectivity index (χ3n) is 9.27. The summed E-state index contributed by atoms with van der Waals surface area (Å²) in [5, 5.41) is 9.39. The lowest BCUT2D eigenvalue weighted by atomic mass is 9.91. The number of ether oxygens (including phenoxy) is 1. The number of nitrogens with zero attached hydrogens (tertiary/aromatic N) is 3. The van der Waals surface area contributed by atoms with Crippen LogP contribution in [0, 0.1) is 0 Å². The van der Waals surface area contributed by atoms with Crippen molar-refractivity contribution >= 4 is 46.4 Å². The number of carbonyl (C=O) groups is 4. The molecule has 3 aromatic rings. The number of anilines is 4. The molecule has 5 rings (SSSR count). The monoisotopic (exact) mass is 668 g/mol. The molecule has 0 spiro atoms. The van der Waals surface area contributed by atoms with E-state index in [4.69, 9.17) is 4.74 Å². The van der Waals surface area contributed by atoms with Crippen LogP contribution in [0.5, 0.6) is 5.75 Å². The molecular weight excluding hydrogens is 620 g/mol. The predicted octanol–water partition coefficient (Wildman–Crippen LogP) is 5.66. The maximum atomic E-state index is 12.6. The maximum Gasteiger partial charge on any atom is 0.239 e. The van der Waals surface area contributed by atoms with Gasteiger partial charge in [0, 0.05) is 74.7 Å². The summed E-state index contributed by atoms with van der Waals surface area (Å²) in [5.74, 6) is 0.631. The lowest BCUT2D eigenvalue weighted by molar-refractivity contribution is -0.139. The van der Waals surface area contributed by atoms with E-state index in [1.807, 2.05) is 68.3 Å². The van der Waals surface area contributed by atoms with Crippen molar-refractivity contribution in [1.82, 2.24) is 9.80 Å². The number of para-hydroxylation sites is 1. The molecule has 2 aliphatic rings. The third kappa shape index (κ3) is 9.17. The summed E-state index contributed by atoms with van der Waals surface area (Å²) in [6, 6.07) is 22.8. The first-order valence-electron chi connectivity index (χ1n) is 17.2. The van der Waals surface area contributed by atoms with Crippen LogP contribution in [-0.2, 0) is 19.2 Å². The number of hydrogen-bond acceptors (Lipinski definition) is 7. The van der Waals surface area contributed by atoms with Crippen molar-refractivity contribution < 1.29 is 23.9 Å². The van der Waals surface area contributed by atoms with Crippen LogP contribution in [0.2, 0.25) is 0 Å². The highest BCUT2D eigenvalue weighted by atomic mass is 16.5. The minimum absolute atomic E-state index is 0.0558. The number of amides is 4. The van der Waals surface area contributed by atoms with Crippen molar-refractivity contribution in [1.29, 1.82) is 0 Å². The van der Waals surface area contributed by atoms with Crippen LogP contribution < -0.4 is 25.6 Å². The molecule has 0 bridgehead atoms. The number of piperazine rings is 1. The van der Waals surface area contributed by atoms with Gasteiger partial charge in [-0.1, -0.05) is 25.1 Å². The van der Waals surface area contributed by atoms with Gasteiger partial charge < -0.3 is 30.5 Å². The third-order valence-corrected chi connectivity index (χ3v) is 9.27.